The number of amides is 1. The number of anilines is 1. The number of hydrogen-bond donors (Lipinski definition) is 1. The summed E-state index contributed by atoms with van der Waals surface area (Å²) in [5, 5.41) is 22.5. The van der Waals surface area contributed by atoms with Crippen LogP contribution in [0.15, 0.2) is 42.5 Å². The van der Waals surface area contributed by atoms with E-state index in [-0.39, 0.29) is 23.0 Å². The van der Waals surface area contributed by atoms with E-state index in [0.29, 0.717) is 17.1 Å². The average molecular weight is 357 g/mol. The van der Waals surface area contributed by atoms with Crippen molar-refractivity contribution in [1.82, 2.24) is 0 Å². The van der Waals surface area contributed by atoms with Crippen molar-refractivity contribution in [2.45, 2.75) is 5.75 Å². The summed E-state index contributed by atoms with van der Waals surface area (Å²) >= 11 is 1.36. The lowest BCUT2D eigenvalue weighted by molar-refractivity contribution is -0.384. The molecule has 0 bridgehead atoms. The fourth-order valence-electron chi connectivity index (χ4n) is 2.07. The number of rotatable bonds is 7. The van der Waals surface area contributed by atoms with Crippen LogP contribution >= 0.6 is 11.8 Å². The molecule has 0 unspecified atom stereocenters. The Morgan fingerprint density at radius 3 is 2.84 bits per heavy atom. The molecule has 2 aromatic carbocycles. The van der Waals surface area contributed by atoms with Gasteiger partial charge in [0.15, 0.2) is 0 Å². The maximum absolute atomic E-state index is 12.0. The maximum atomic E-state index is 12.0. The van der Waals surface area contributed by atoms with Gasteiger partial charge in [-0.25, -0.2) is 0 Å². The van der Waals surface area contributed by atoms with Crippen LogP contribution in [0.2, 0.25) is 0 Å². The molecule has 0 aliphatic heterocycles. The number of nitro groups is 1. The number of nitro benzene ring substituents is 1. The standard InChI is InChI=1S/C17H15N3O4S/c1-24-14-5-6-15(16(8-14)20(22)23)19-17(21)11-25-10-13-4-2-3-12(7-13)9-18/h2-8H,10-11H2,1H3,(H,19,21). The number of benzene rings is 2. The molecule has 0 aliphatic carbocycles. The molecule has 2 aromatic rings. The molecule has 0 radical (unpaired) electrons. The Hall–Kier alpha value is -3.05. The van der Waals surface area contributed by atoms with Crippen molar-refractivity contribution in [1.29, 1.82) is 5.26 Å². The summed E-state index contributed by atoms with van der Waals surface area (Å²) in [6.07, 6.45) is 0. The monoisotopic (exact) mass is 357 g/mol. The summed E-state index contributed by atoms with van der Waals surface area (Å²) in [5.74, 6) is 0.708. The molecule has 7 nitrogen and oxygen atoms in total. The van der Waals surface area contributed by atoms with Crippen molar-refractivity contribution in [2.75, 3.05) is 18.2 Å². The van der Waals surface area contributed by atoms with Gasteiger partial charge in [0.2, 0.25) is 5.91 Å². The molecule has 0 heterocycles. The average Bonchev–Trinajstić information content (AvgIpc) is 2.62. The molecule has 128 valence electrons. The Morgan fingerprint density at radius 2 is 2.16 bits per heavy atom. The molecule has 2 rings (SSSR count). The zero-order valence-corrected chi connectivity index (χ0v) is 14.2. The third-order valence-corrected chi connectivity index (χ3v) is 4.24. The molecule has 0 spiro atoms. The second kappa shape index (κ2) is 8.70. The molecule has 0 saturated heterocycles. The summed E-state index contributed by atoms with van der Waals surface area (Å²) in [6.45, 7) is 0. The fourth-order valence-corrected chi connectivity index (χ4v) is 2.85. The van der Waals surface area contributed by atoms with Gasteiger partial charge in [-0.1, -0.05) is 12.1 Å². The maximum Gasteiger partial charge on any atom is 0.296 e. The smallest absolute Gasteiger partial charge is 0.296 e. The van der Waals surface area contributed by atoms with Crippen LogP contribution in [0.4, 0.5) is 11.4 Å². The molecule has 0 atom stereocenters. The molecular formula is C17H15N3O4S. The number of thioether (sulfide) groups is 1. The quantitative estimate of drug-likeness (QED) is 0.602. The number of hydrogen-bond acceptors (Lipinski definition) is 6. The largest absolute Gasteiger partial charge is 0.496 e. The van der Waals surface area contributed by atoms with Crippen LogP contribution in [0, 0.1) is 21.4 Å². The minimum absolute atomic E-state index is 0.128. The lowest BCUT2D eigenvalue weighted by Crippen LogP contribution is -2.15. The van der Waals surface area contributed by atoms with Crippen LogP contribution in [-0.2, 0) is 10.5 Å². The van der Waals surface area contributed by atoms with Crippen molar-refractivity contribution in [3.05, 3.63) is 63.7 Å². The lowest BCUT2D eigenvalue weighted by atomic mass is 10.2. The highest BCUT2D eigenvalue weighted by Gasteiger charge is 2.17. The Morgan fingerprint density at radius 1 is 1.36 bits per heavy atom. The van der Waals surface area contributed by atoms with Gasteiger partial charge in [-0.15, -0.1) is 11.8 Å². The number of methoxy groups -OCH3 is 1. The normalized spacial score (nSPS) is 9.92. The number of carbonyl (C=O) groups is 1. The van der Waals surface area contributed by atoms with Crippen molar-refractivity contribution >= 4 is 29.0 Å². The number of ether oxygens (including phenoxy) is 1. The Labute approximate surface area is 148 Å². The zero-order chi connectivity index (χ0) is 18.2. The van der Waals surface area contributed by atoms with E-state index in [2.05, 4.69) is 11.4 Å². The predicted molar refractivity (Wildman–Crippen MR) is 95.6 cm³/mol. The lowest BCUT2D eigenvalue weighted by Gasteiger charge is -2.07. The number of nitrogens with one attached hydrogen (secondary N) is 1. The van der Waals surface area contributed by atoms with Crippen LogP contribution in [0.1, 0.15) is 11.1 Å². The second-order valence-corrected chi connectivity index (χ2v) is 5.98. The minimum atomic E-state index is -0.571. The van der Waals surface area contributed by atoms with E-state index in [4.69, 9.17) is 10.00 Å². The Kier molecular flexibility index (Phi) is 6.37. The molecule has 1 amide bonds. The SMILES string of the molecule is COc1ccc(NC(=O)CSCc2cccc(C#N)c2)c([N+](=O)[O-])c1. The van der Waals surface area contributed by atoms with Crippen molar-refractivity contribution < 1.29 is 14.5 Å². The first kappa shape index (κ1) is 18.3. The molecular weight excluding hydrogens is 342 g/mol. The van der Waals surface area contributed by atoms with Crippen LogP contribution in [-0.4, -0.2) is 23.7 Å². The topological polar surface area (TPSA) is 105 Å². The van der Waals surface area contributed by atoms with Gasteiger partial charge >= 0.3 is 0 Å². The summed E-state index contributed by atoms with van der Waals surface area (Å²) in [5.41, 5.74) is 1.41. The van der Waals surface area contributed by atoms with Crippen LogP contribution in [0.25, 0.3) is 0 Å². The molecule has 8 heteroatoms. The minimum Gasteiger partial charge on any atom is -0.496 e. The van der Waals surface area contributed by atoms with E-state index in [9.17, 15) is 14.9 Å². The summed E-state index contributed by atoms with van der Waals surface area (Å²) in [7, 11) is 1.41. The van der Waals surface area contributed by atoms with Crippen LogP contribution in [0.3, 0.4) is 0 Å². The van der Waals surface area contributed by atoms with Gasteiger partial charge < -0.3 is 10.1 Å². The highest BCUT2D eigenvalue weighted by Crippen LogP contribution is 2.29. The van der Waals surface area contributed by atoms with Crippen molar-refractivity contribution in [3.8, 4) is 11.8 Å². The third kappa shape index (κ3) is 5.22. The zero-order valence-electron chi connectivity index (χ0n) is 13.4. The third-order valence-electron chi connectivity index (χ3n) is 3.23. The summed E-state index contributed by atoms with van der Waals surface area (Å²) in [4.78, 5) is 22.5. The van der Waals surface area contributed by atoms with E-state index in [0.717, 1.165) is 5.56 Å². The van der Waals surface area contributed by atoms with Gasteiger partial charge in [-0.2, -0.15) is 5.26 Å². The van der Waals surface area contributed by atoms with Gasteiger partial charge in [-0.3, -0.25) is 14.9 Å². The van der Waals surface area contributed by atoms with Crippen LogP contribution in [0.5, 0.6) is 5.75 Å². The second-order valence-electron chi connectivity index (χ2n) is 4.99. The first-order valence-electron chi connectivity index (χ1n) is 7.22. The van der Waals surface area contributed by atoms with E-state index < -0.39 is 4.92 Å². The molecule has 0 aliphatic rings. The Balaban J connectivity index is 1.94. The van der Waals surface area contributed by atoms with Gasteiger partial charge in [0.05, 0.1) is 35.5 Å². The van der Waals surface area contributed by atoms with E-state index >= 15 is 0 Å². The van der Waals surface area contributed by atoms with Gasteiger partial charge in [0.25, 0.3) is 5.69 Å². The van der Waals surface area contributed by atoms with E-state index in [1.807, 2.05) is 6.07 Å². The highest BCUT2D eigenvalue weighted by atomic mass is 32.2. The Bertz CT molecular complexity index is 833. The van der Waals surface area contributed by atoms with E-state index in [1.165, 1.54) is 31.0 Å². The molecule has 0 saturated carbocycles. The summed E-state index contributed by atoms with van der Waals surface area (Å²) < 4.78 is 4.95. The fraction of sp³-hybridized carbons (Fsp3) is 0.176. The van der Waals surface area contributed by atoms with E-state index in [1.54, 1.807) is 24.3 Å². The number of nitrogens with zero attached hydrogens (tertiary/aromatic N) is 2. The first-order valence-corrected chi connectivity index (χ1v) is 8.38. The molecule has 25 heavy (non-hydrogen) atoms. The van der Waals surface area contributed by atoms with Crippen LogP contribution < -0.4 is 10.1 Å². The highest BCUT2D eigenvalue weighted by molar-refractivity contribution is 7.99. The molecule has 0 fully saturated rings. The molecule has 1 N–H and O–H groups in total. The molecule has 0 aromatic heterocycles. The van der Waals surface area contributed by atoms with Crippen molar-refractivity contribution in [2.24, 2.45) is 0 Å². The van der Waals surface area contributed by atoms with Gasteiger partial charge in [0, 0.05) is 5.75 Å². The van der Waals surface area contributed by atoms with Gasteiger partial charge in [-0.05, 0) is 29.8 Å². The first-order chi connectivity index (χ1) is 12.0. The number of nitriles is 1. The summed E-state index contributed by atoms with van der Waals surface area (Å²) in [6, 6.07) is 13.4. The number of carbonyl (C=O) groups excluding carboxylic acids is 1. The van der Waals surface area contributed by atoms with Crippen molar-refractivity contribution in [3.63, 3.8) is 0 Å². The van der Waals surface area contributed by atoms with Gasteiger partial charge in [0.1, 0.15) is 11.4 Å². The predicted octanol–water partition coefficient (Wildman–Crippen LogP) is 3.35.